The fourth-order valence-corrected chi connectivity index (χ4v) is 2.30. The molecule has 0 radical (unpaired) electrons. The van der Waals surface area contributed by atoms with Gasteiger partial charge in [-0.2, -0.15) is 0 Å². The van der Waals surface area contributed by atoms with Crippen LogP contribution in [-0.4, -0.2) is 23.3 Å². The number of ketones is 1. The number of nitrogens with zero attached hydrogens (tertiary/aromatic N) is 1. The molecular formula is C15H19NO. The maximum absolute atomic E-state index is 12.4. The number of hydrogen-bond donors (Lipinski definition) is 0. The average Bonchev–Trinajstić information content (AvgIpc) is 2.42. The molecule has 2 heteroatoms. The average molecular weight is 229 g/mol. The van der Waals surface area contributed by atoms with Crippen LogP contribution in [0.5, 0.6) is 0 Å². The van der Waals surface area contributed by atoms with E-state index >= 15 is 0 Å². The molecule has 1 heterocycles. The van der Waals surface area contributed by atoms with E-state index in [0.29, 0.717) is 0 Å². The minimum Gasteiger partial charge on any atom is -0.367 e. The number of carbonyl (C=O) groups is 1. The monoisotopic (exact) mass is 229 g/mol. The number of hydrogen-bond acceptors (Lipinski definition) is 2. The van der Waals surface area contributed by atoms with Crippen molar-refractivity contribution >= 4 is 5.78 Å². The van der Waals surface area contributed by atoms with Crippen molar-refractivity contribution in [3.8, 4) is 0 Å². The molecule has 1 aliphatic rings. The first-order chi connectivity index (χ1) is 8.33. The molecule has 1 aromatic rings. The van der Waals surface area contributed by atoms with Gasteiger partial charge in [0.15, 0.2) is 5.78 Å². The van der Waals surface area contributed by atoms with Crippen molar-refractivity contribution < 1.29 is 4.79 Å². The van der Waals surface area contributed by atoms with Crippen LogP contribution in [0.2, 0.25) is 0 Å². The van der Waals surface area contributed by atoms with Gasteiger partial charge in [-0.3, -0.25) is 4.79 Å². The van der Waals surface area contributed by atoms with Crippen LogP contribution < -0.4 is 0 Å². The Morgan fingerprint density at radius 1 is 1.35 bits per heavy atom. The van der Waals surface area contributed by atoms with Crippen LogP contribution >= 0.6 is 0 Å². The Labute approximate surface area is 103 Å². The molecule has 90 valence electrons. The lowest BCUT2D eigenvalue weighted by Gasteiger charge is -2.31. The first-order valence-electron chi connectivity index (χ1n) is 6.34. The largest absolute Gasteiger partial charge is 0.367 e. The topological polar surface area (TPSA) is 20.3 Å². The quantitative estimate of drug-likeness (QED) is 0.739. The summed E-state index contributed by atoms with van der Waals surface area (Å²) in [5.74, 6) is 0.236. The summed E-state index contributed by atoms with van der Waals surface area (Å²) in [6.45, 7) is 3.07. The van der Waals surface area contributed by atoms with Crippen LogP contribution in [0.4, 0.5) is 0 Å². The van der Waals surface area contributed by atoms with Crippen LogP contribution in [-0.2, 0) is 0 Å². The third-order valence-electron chi connectivity index (χ3n) is 3.23. The molecule has 0 bridgehead atoms. The van der Waals surface area contributed by atoms with Gasteiger partial charge < -0.3 is 4.90 Å². The van der Waals surface area contributed by atoms with Crippen molar-refractivity contribution in [2.75, 3.05) is 6.54 Å². The van der Waals surface area contributed by atoms with Gasteiger partial charge in [0, 0.05) is 12.1 Å². The molecular weight excluding hydrogens is 210 g/mol. The van der Waals surface area contributed by atoms with Crippen LogP contribution in [0, 0.1) is 0 Å². The van der Waals surface area contributed by atoms with E-state index in [0.717, 1.165) is 31.4 Å². The SMILES string of the molecule is CCC(C(=O)c1ccccc1)N1C=CCCC1. The predicted molar refractivity (Wildman–Crippen MR) is 69.9 cm³/mol. The molecule has 0 aromatic heterocycles. The summed E-state index contributed by atoms with van der Waals surface area (Å²) < 4.78 is 0. The van der Waals surface area contributed by atoms with E-state index in [1.807, 2.05) is 30.3 Å². The predicted octanol–water partition coefficient (Wildman–Crippen LogP) is 3.26. The summed E-state index contributed by atoms with van der Waals surface area (Å²) in [5, 5.41) is 0. The second-order valence-electron chi connectivity index (χ2n) is 4.42. The number of Topliss-reactive ketones (excluding diaryl/α,β-unsaturated/α-hetero) is 1. The molecule has 17 heavy (non-hydrogen) atoms. The highest BCUT2D eigenvalue weighted by Crippen LogP contribution is 2.16. The molecule has 0 spiro atoms. The van der Waals surface area contributed by atoms with Gasteiger partial charge in [-0.1, -0.05) is 43.3 Å². The van der Waals surface area contributed by atoms with Gasteiger partial charge in [0.1, 0.15) is 0 Å². The van der Waals surface area contributed by atoms with Gasteiger partial charge >= 0.3 is 0 Å². The maximum atomic E-state index is 12.4. The Balaban J connectivity index is 2.15. The lowest BCUT2D eigenvalue weighted by atomic mass is 10.00. The standard InChI is InChI=1S/C15H19NO/c1-2-14(16-11-7-4-8-12-16)15(17)13-9-5-3-6-10-13/h3,5-7,9-11,14H,2,4,8,12H2,1H3. The van der Waals surface area contributed by atoms with Gasteiger partial charge in [-0.25, -0.2) is 0 Å². The summed E-state index contributed by atoms with van der Waals surface area (Å²) in [6, 6.07) is 9.59. The van der Waals surface area contributed by atoms with Gasteiger partial charge in [0.2, 0.25) is 0 Å². The minimum atomic E-state index is -0.00560. The highest BCUT2D eigenvalue weighted by molar-refractivity contribution is 6.00. The fourth-order valence-electron chi connectivity index (χ4n) is 2.30. The zero-order chi connectivity index (χ0) is 12.1. The lowest BCUT2D eigenvalue weighted by molar-refractivity contribution is 0.0861. The molecule has 0 saturated heterocycles. The molecule has 0 amide bonds. The molecule has 1 aliphatic heterocycles. The summed E-state index contributed by atoms with van der Waals surface area (Å²) in [4.78, 5) is 14.6. The molecule has 0 saturated carbocycles. The summed E-state index contributed by atoms with van der Waals surface area (Å²) in [6.07, 6.45) is 7.38. The second-order valence-corrected chi connectivity index (χ2v) is 4.42. The van der Waals surface area contributed by atoms with Gasteiger partial charge in [-0.15, -0.1) is 0 Å². The molecule has 0 fully saturated rings. The third-order valence-corrected chi connectivity index (χ3v) is 3.23. The van der Waals surface area contributed by atoms with E-state index in [2.05, 4.69) is 24.1 Å². The zero-order valence-corrected chi connectivity index (χ0v) is 10.3. The maximum Gasteiger partial charge on any atom is 0.185 e. The summed E-state index contributed by atoms with van der Waals surface area (Å²) in [7, 11) is 0. The molecule has 0 N–H and O–H groups in total. The first kappa shape index (κ1) is 11.9. The lowest BCUT2D eigenvalue weighted by Crippen LogP contribution is -2.38. The van der Waals surface area contributed by atoms with Crippen molar-refractivity contribution in [1.29, 1.82) is 0 Å². The highest BCUT2D eigenvalue weighted by Gasteiger charge is 2.23. The summed E-state index contributed by atoms with van der Waals surface area (Å²) in [5.41, 5.74) is 0.818. The Bertz CT molecular complexity index is 397. The van der Waals surface area contributed by atoms with E-state index in [-0.39, 0.29) is 11.8 Å². The Kier molecular flexibility index (Phi) is 3.97. The van der Waals surface area contributed by atoms with Crippen LogP contribution in [0.1, 0.15) is 36.5 Å². The second kappa shape index (κ2) is 5.67. The van der Waals surface area contributed by atoms with E-state index in [4.69, 9.17) is 0 Å². The van der Waals surface area contributed by atoms with Crippen molar-refractivity contribution in [3.63, 3.8) is 0 Å². The Morgan fingerprint density at radius 2 is 2.12 bits per heavy atom. The molecule has 1 aromatic carbocycles. The number of benzene rings is 1. The van der Waals surface area contributed by atoms with Crippen LogP contribution in [0.25, 0.3) is 0 Å². The Morgan fingerprint density at radius 3 is 2.71 bits per heavy atom. The number of rotatable bonds is 4. The van der Waals surface area contributed by atoms with Gasteiger partial charge in [0.25, 0.3) is 0 Å². The molecule has 2 nitrogen and oxygen atoms in total. The highest BCUT2D eigenvalue weighted by atomic mass is 16.1. The van der Waals surface area contributed by atoms with E-state index in [9.17, 15) is 4.79 Å². The molecule has 2 rings (SSSR count). The normalized spacial score (nSPS) is 16.9. The van der Waals surface area contributed by atoms with Crippen molar-refractivity contribution in [2.45, 2.75) is 32.2 Å². The van der Waals surface area contributed by atoms with Crippen LogP contribution in [0.15, 0.2) is 42.6 Å². The number of carbonyl (C=O) groups excluding carboxylic acids is 1. The Hall–Kier alpha value is -1.57. The van der Waals surface area contributed by atoms with Crippen molar-refractivity contribution in [1.82, 2.24) is 4.90 Å². The van der Waals surface area contributed by atoms with Gasteiger partial charge in [0.05, 0.1) is 6.04 Å². The molecule has 0 aliphatic carbocycles. The zero-order valence-electron chi connectivity index (χ0n) is 10.3. The third kappa shape index (κ3) is 2.76. The van der Waals surface area contributed by atoms with Gasteiger partial charge in [-0.05, 0) is 25.5 Å². The van der Waals surface area contributed by atoms with Crippen molar-refractivity contribution in [2.24, 2.45) is 0 Å². The van der Waals surface area contributed by atoms with Crippen LogP contribution in [0.3, 0.4) is 0 Å². The van der Waals surface area contributed by atoms with E-state index < -0.39 is 0 Å². The fraction of sp³-hybridized carbons (Fsp3) is 0.400. The van der Waals surface area contributed by atoms with E-state index in [1.54, 1.807) is 0 Å². The van der Waals surface area contributed by atoms with Crippen molar-refractivity contribution in [3.05, 3.63) is 48.2 Å². The smallest absolute Gasteiger partial charge is 0.185 e. The first-order valence-corrected chi connectivity index (χ1v) is 6.34. The molecule has 1 atom stereocenters. The summed E-state index contributed by atoms with van der Waals surface area (Å²) >= 11 is 0. The molecule has 1 unspecified atom stereocenters. The minimum absolute atomic E-state index is 0.00560. The van der Waals surface area contributed by atoms with E-state index in [1.165, 1.54) is 0 Å². The number of allylic oxidation sites excluding steroid dienone is 1.